The van der Waals surface area contributed by atoms with Crippen LogP contribution in [0.2, 0.25) is 5.02 Å². The lowest BCUT2D eigenvalue weighted by Gasteiger charge is -2.24. The molecule has 94 valence electrons. The normalized spacial score (nSPS) is 19.5. The maximum Gasteiger partial charge on any atom is 0.176 e. The van der Waals surface area contributed by atoms with Gasteiger partial charge in [-0.2, -0.15) is 0 Å². The second-order valence-corrected chi connectivity index (χ2v) is 7.17. The predicted molar refractivity (Wildman–Crippen MR) is 68.9 cm³/mol. The molecule has 0 aliphatic heterocycles. The molecule has 0 atom stereocenters. The maximum absolute atomic E-state index is 11.5. The molecule has 0 bridgehead atoms. The third kappa shape index (κ3) is 2.49. The molecule has 1 aliphatic rings. The number of hydrogen-bond donors (Lipinski definition) is 1. The molecule has 1 fully saturated rings. The second-order valence-electron chi connectivity index (χ2n) is 4.78. The van der Waals surface area contributed by atoms with Crippen molar-refractivity contribution in [3.8, 4) is 0 Å². The average molecular weight is 274 g/mol. The van der Waals surface area contributed by atoms with Crippen molar-refractivity contribution in [1.82, 2.24) is 0 Å². The van der Waals surface area contributed by atoms with Crippen LogP contribution in [0.4, 0.5) is 0 Å². The van der Waals surface area contributed by atoms with E-state index in [1.165, 1.54) is 0 Å². The molecule has 0 unspecified atom stereocenters. The number of nitrogens with two attached hydrogens (primary N) is 1. The summed E-state index contributed by atoms with van der Waals surface area (Å²) in [6, 6.07) is 5.04. The molecule has 1 aromatic carbocycles. The van der Waals surface area contributed by atoms with Crippen molar-refractivity contribution in [3.63, 3.8) is 0 Å². The molecule has 5 heteroatoms. The van der Waals surface area contributed by atoms with Gasteiger partial charge in [0.1, 0.15) is 0 Å². The molecule has 0 heterocycles. The number of sulfone groups is 1. The van der Waals surface area contributed by atoms with Gasteiger partial charge >= 0.3 is 0 Å². The van der Waals surface area contributed by atoms with E-state index in [1.54, 1.807) is 18.2 Å². The zero-order valence-corrected chi connectivity index (χ0v) is 11.3. The summed E-state index contributed by atoms with van der Waals surface area (Å²) in [6.07, 6.45) is 5.24. The van der Waals surface area contributed by atoms with Crippen molar-refractivity contribution in [2.24, 2.45) is 5.73 Å². The van der Waals surface area contributed by atoms with Crippen molar-refractivity contribution in [3.05, 3.63) is 28.8 Å². The van der Waals surface area contributed by atoms with Crippen LogP contribution in [-0.4, -0.2) is 14.7 Å². The lowest BCUT2D eigenvalue weighted by molar-refractivity contribution is 0.461. The van der Waals surface area contributed by atoms with E-state index < -0.39 is 9.84 Å². The molecule has 0 spiro atoms. The Morgan fingerprint density at radius 3 is 2.35 bits per heavy atom. The van der Waals surface area contributed by atoms with Gasteiger partial charge in [-0.25, -0.2) is 8.42 Å². The number of rotatable bonds is 2. The highest BCUT2D eigenvalue weighted by atomic mass is 35.5. The van der Waals surface area contributed by atoms with Crippen molar-refractivity contribution in [1.29, 1.82) is 0 Å². The Hall–Kier alpha value is -0.580. The second kappa shape index (κ2) is 4.26. The van der Waals surface area contributed by atoms with Gasteiger partial charge in [0.15, 0.2) is 9.84 Å². The van der Waals surface area contributed by atoms with Gasteiger partial charge in [0, 0.05) is 11.8 Å². The number of halogens is 1. The van der Waals surface area contributed by atoms with E-state index >= 15 is 0 Å². The lowest BCUT2D eigenvalue weighted by Crippen LogP contribution is -2.33. The van der Waals surface area contributed by atoms with E-state index in [1.807, 2.05) is 0 Å². The summed E-state index contributed by atoms with van der Waals surface area (Å²) in [7, 11) is -3.27. The fraction of sp³-hybridized carbons (Fsp3) is 0.500. The molecule has 1 saturated carbocycles. The van der Waals surface area contributed by atoms with Crippen LogP contribution in [-0.2, 0) is 15.4 Å². The summed E-state index contributed by atoms with van der Waals surface area (Å²) in [5, 5.41) is 0.265. The Morgan fingerprint density at radius 2 is 1.88 bits per heavy atom. The molecule has 0 saturated heterocycles. The largest absolute Gasteiger partial charge is 0.321 e. The maximum atomic E-state index is 11.5. The Morgan fingerprint density at radius 1 is 1.29 bits per heavy atom. The third-order valence-electron chi connectivity index (χ3n) is 3.40. The van der Waals surface area contributed by atoms with Crippen LogP contribution < -0.4 is 5.73 Å². The minimum atomic E-state index is -3.27. The monoisotopic (exact) mass is 273 g/mol. The summed E-state index contributed by atoms with van der Waals surface area (Å²) >= 11 is 6.02. The first-order valence-corrected chi connectivity index (χ1v) is 7.89. The molecule has 2 N–H and O–H groups in total. The Kier molecular flexibility index (Phi) is 3.23. The zero-order chi connectivity index (χ0) is 12.7. The molecule has 3 nitrogen and oxygen atoms in total. The van der Waals surface area contributed by atoms with E-state index in [-0.39, 0.29) is 15.5 Å². The molecule has 0 aromatic heterocycles. The van der Waals surface area contributed by atoms with Crippen LogP contribution in [0.15, 0.2) is 23.1 Å². The first-order valence-electron chi connectivity index (χ1n) is 5.62. The van der Waals surface area contributed by atoms with E-state index in [4.69, 9.17) is 17.3 Å². The summed E-state index contributed by atoms with van der Waals surface area (Å²) in [5.74, 6) is 0. The highest BCUT2D eigenvalue weighted by Crippen LogP contribution is 2.38. The number of hydrogen-bond acceptors (Lipinski definition) is 3. The highest BCUT2D eigenvalue weighted by Gasteiger charge is 2.31. The summed E-state index contributed by atoms with van der Waals surface area (Å²) in [5.41, 5.74) is 6.90. The molecule has 1 aliphatic carbocycles. The van der Waals surface area contributed by atoms with E-state index in [0.29, 0.717) is 0 Å². The van der Waals surface area contributed by atoms with Gasteiger partial charge in [-0.3, -0.25) is 0 Å². The van der Waals surface area contributed by atoms with Gasteiger partial charge in [0.2, 0.25) is 0 Å². The van der Waals surface area contributed by atoms with Crippen LogP contribution in [0, 0.1) is 0 Å². The van der Waals surface area contributed by atoms with Crippen LogP contribution in [0.3, 0.4) is 0 Å². The van der Waals surface area contributed by atoms with E-state index in [0.717, 1.165) is 37.5 Å². The van der Waals surface area contributed by atoms with Crippen molar-refractivity contribution < 1.29 is 8.42 Å². The molecular weight excluding hydrogens is 258 g/mol. The summed E-state index contributed by atoms with van der Waals surface area (Å²) < 4.78 is 22.9. The van der Waals surface area contributed by atoms with E-state index in [2.05, 4.69) is 0 Å². The quantitative estimate of drug-likeness (QED) is 0.900. The molecule has 2 rings (SSSR count). The van der Waals surface area contributed by atoms with Gasteiger partial charge in [-0.1, -0.05) is 30.5 Å². The number of benzene rings is 1. The van der Waals surface area contributed by atoms with Gasteiger partial charge < -0.3 is 5.73 Å². The molecule has 17 heavy (non-hydrogen) atoms. The lowest BCUT2D eigenvalue weighted by atomic mass is 9.89. The van der Waals surface area contributed by atoms with Gasteiger partial charge in [-0.15, -0.1) is 0 Å². The van der Waals surface area contributed by atoms with Gasteiger partial charge in [0.25, 0.3) is 0 Å². The van der Waals surface area contributed by atoms with Crippen molar-refractivity contribution >= 4 is 21.4 Å². The summed E-state index contributed by atoms with van der Waals surface area (Å²) in [6.45, 7) is 0. The highest BCUT2D eigenvalue weighted by molar-refractivity contribution is 7.90. The Labute approximate surface area is 107 Å². The van der Waals surface area contributed by atoms with Crippen LogP contribution in [0.1, 0.15) is 31.2 Å². The van der Waals surface area contributed by atoms with Crippen molar-refractivity contribution in [2.45, 2.75) is 36.1 Å². The van der Waals surface area contributed by atoms with Crippen LogP contribution in [0.5, 0.6) is 0 Å². The first-order chi connectivity index (χ1) is 7.83. The van der Waals surface area contributed by atoms with Crippen LogP contribution in [0.25, 0.3) is 0 Å². The smallest absolute Gasteiger partial charge is 0.176 e. The average Bonchev–Trinajstić information content (AvgIpc) is 2.64. The Bertz CT molecular complexity index is 533. The Balaban J connectivity index is 2.44. The SMILES string of the molecule is CS(=O)(=O)c1ccc(C2(N)CCCC2)cc1Cl. The van der Waals surface area contributed by atoms with Gasteiger partial charge in [0.05, 0.1) is 9.92 Å². The van der Waals surface area contributed by atoms with Gasteiger partial charge in [-0.05, 0) is 30.5 Å². The third-order valence-corrected chi connectivity index (χ3v) is 4.98. The molecule has 1 aromatic rings. The van der Waals surface area contributed by atoms with Crippen LogP contribution >= 0.6 is 11.6 Å². The minimum absolute atomic E-state index is 0.171. The fourth-order valence-electron chi connectivity index (χ4n) is 2.41. The molecular formula is C12H16ClNO2S. The topological polar surface area (TPSA) is 60.2 Å². The predicted octanol–water partition coefficient (Wildman–Crippen LogP) is 2.47. The molecule has 0 amide bonds. The van der Waals surface area contributed by atoms with Crippen molar-refractivity contribution in [2.75, 3.05) is 6.26 Å². The standard InChI is InChI=1S/C12H16ClNO2S/c1-17(15,16)11-5-4-9(8-10(11)13)12(14)6-2-3-7-12/h4-5,8H,2-3,6-7,14H2,1H3. The minimum Gasteiger partial charge on any atom is -0.321 e. The van der Waals surface area contributed by atoms with E-state index in [9.17, 15) is 8.42 Å². The fourth-order valence-corrected chi connectivity index (χ4v) is 3.74. The summed E-state index contributed by atoms with van der Waals surface area (Å²) in [4.78, 5) is 0.171. The first kappa shape index (κ1) is 12.9. The molecule has 0 radical (unpaired) electrons. The zero-order valence-electron chi connectivity index (χ0n) is 9.74.